The molecule has 0 unspecified atom stereocenters. The first-order chi connectivity index (χ1) is 13.3. The Balaban J connectivity index is 2.81. The quantitative estimate of drug-likeness (QED) is 0.311. The summed E-state index contributed by atoms with van der Waals surface area (Å²) in [6, 6.07) is 0. The number of allylic oxidation sites excluding steroid dienone is 1. The van der Waals surface area contributed by atoms with Gasteiger partial charge in [0.1, 0.15) is 8.07 Å². The first kappa shape index (κ1) is 26.4. The van der Waals surface area contributed by atoms with Gasteiger partial charge in [-0.25, -0.2) is 0 Å². The van der Waals surface area contributed by atoms with Crippen LogP contribution in [0.25, 0.3) is 0 Å². The van der Waals surface area contributed by atoms with Gasteiger partial charge >= 0.3 is 0 Å². The van der Waals surface area contributed by atoms with Crippen LogP contribution in [0.2, 0.25) is 37.8 Å². The summed E-state index contributed by atoms with van der Waals surface area (Å²) >= 11 is 0. The lowest BCUT2D eigenvalue weighted by Crippen LogP contribution is -2.49. The molecule has 1 heterocycles. The molecular formula is C24H44O3Si2. The fourth-order valence-corrected chi connectivity index (χ4v) is 4.82. The van der Waals surface area contributed by atoms with Crippen LogP contribution in [0.15, 0.2) is 24.3 Å². The van der Waals surface area contributed by atoms with Gasteiger partial charge in [0.2, 0.25) is 0 Å². The van der Waals surface area contributed by atoms with Gasteiger partial charge in [0, 0.05) is 0 Å². The molecule has 0 amide bonds. The molecule has 29 heavy (non-hydrogen) atoms. The van der Waals surface area contributed by atoms with Crippen LogP contribution >= 0.6 is 0 Å². The van der Waals surface area contributed by atoms with Gasteiger partial charge in [-0.15, -0.1) is 5.54 Å². The molecule has 0 spiro atoms. The van der Waals surface area contributed by atoms with Crippen molar-refractivity contribution in [2.24, 2.45) is 0 Å². The van der Waals surface area contributed by atoms with Crippen LogP contribution in [-0.4, -0.2) is 45.9 Å². The van der Waals surface area contributed by atoms with Crippen LogP contribution in [0.3, 0.4) is 0 Å². The van der Waals surface area contributed by atoms with E-state index in [4.69, 9.17) is 9.16 Å². The number of aliphatic hydroxyl groups is 1. The lowest BCUT2D eigenvalue weighted by molar-refractivity contribution is -0.112. The second-order valence-electron chi connectivity index (χ2n) is 10.7. The standard InChI is InChI=1S/C24H44O3Si2/c1-10-21-23(27-29(8,9)24(2,3)4)18-14-13-17-22(26-21)20(25)16-12-11-15-19-28(5,6)7/h11-14,20-23,25H,10,16-18H2,1-9H3/b12-11+,14-13-/t20-,21+,22+,23+/m0/s1. The van der Waals surface area contributed by atoms with Crippen molar-refractivity contribution < 1.29 is 14.3 Å². The van der Waals surface area contributed by atoms with Crippen molar-refractivity contribution in [1.29, 1.82) is 0 Å². The third-order valence-electron chi connectivity index (χ3n) is 5.78. The third kappa shape index (κ3) is 9.36. The summed E-state index contributed by atoms with van der Waals surface area (Å²) in [6.45, 7) is 20.2. The van der Waals surface area contributed by atoms with E-state index in [1.165, 1.54) is 0 Å². The molecule has 1 aliphatic rings. The van der Waals surface area contributed by atoms with E-state index in [0.717, 1.165) is 19.3 Å². The Labute approximate surface area is 182 Å². The van der Waals surface area contributed by atoms with Gasteiger partial charge in [0.25, 0.3) is 0 Å². The van der Waals surface area contributed by atoms with Gasteiger partial charge in [0.15, 0.2) is 8.32 Å². The second-order valence-corrected chi connectivity index (χ2v) is 20.2. The molecule has 1 aliphatic heterocycles. The van der Waals surface area contributed by atoms with E-state index in [2.05, 4.69) is 84.0 Å². The summed E-state index contributed by atoms with van der Waals surface area (Å²) in [5.74, 6) is 3.12. The minimum absolute atomic E-state index is 0.00406. The minimum atomic E-state index is -1.88. The molecule has 0 radical (unpaired) electrons. The highest BCUT2D eigenvalue weighted by Crippen LogP contribution is 2.39. The summed E-state index contributed by atoms with van der Waals surface area (Å²) in [5, 5.41) is 10.9. The molecule has 4 atom stereocenters. The molecule has 1 N–H and O–H groups in total. The van der Waals surface area contributed by atoms with Gasteiger partial charge in [-0.2, -0.15) is 0 Å². The van der Waals surface area contributed by atoms with Gasteiger partial charge in [0.05, 0.1) is 24.4 Å². The van der Waals surface area contributed by atoms with E-state index in [9.17, 15) is 5.11 Å². The van der Waals surface area contributed by atoms with Crippen LogP contribution in [0.4, 0.5) is 0 Å². The Morgan fingerprint density at radius 2 is 1.79 bits per heavy atom. The Morgan fingerprint density at radius 3 is 2.34 bits per heavy atom. The Morgan fingerprint density at radius 1 is 1.17 bits per heavy atom. The molecule has 0 saturated carbocycles. The third-order valence-corrected chi connectivity index (χ3v) is 11.2. The highest BCUT2D eigenvalue weighted by Gasteiger charge is 2.41. The fraction of sp³-hybridized carbons (Fsp3) is 0.750. The number of rotatable bonds is 6. The molecule has 0 aliphatic carbocycles. The molecule has 0 bridgehead atoms. The minimum Gasteiger partial charge on any atom is -0.411 e. The number of aliphatic hydroxyl groups excluding tert-OH is 1. The molecule has 166 valence electrons. The smallest absolute Gasteiger partial charge is 0.192 e. The number of hydrogen-bond acceptors (Lipinski definition) is 3. The second kappa shape index (κ2) is 11.1. The monoisotopic (exact) mass is 436 g/mol. The Bertz CT molecular complexity index is 615. The predicted octanol–water partition coefficient (Wildman–Crippen LogP) is 6.08. The molecule has 3 nitrogen and oxygen atoms in total. The Kier molecular flexibility index (Phi) is 10.1. The van der Waals surface area contributed by atoms with Crippen LogP contribution in [-0.2, 0) is 9.16 Å². The molecule has 0 aromatic heterocycles. The number of hydrogen-bond donors (Lipinski definition) is 1. The summed E-state index contributed by atoms with van der Waals surface area (Å²) in [4.78, 5) is 0. The maximum atomic E-state index is 10.7. The summed E-state index contributed by atoms with van der Waals surface area (Å²) in [5.41, 5.74) is 3.31. The van der Waals surface area contributed by atoms with E-state index >= 15 is 0 Å². The molecule has 0 fully saturated rings. The van der Waals surface area contributed by atoms with Gasteiger partial charge in [-0.05, 0) is 49.9 Å². The van der Waals surface area contributed by atoms with Crippen molar-refractivity contribution in [3.63, 3.8) is 0 Å². The van der Waals surface area contributed by atoms with Crippen LogP contribution in [0.5, 0.6) is 0 Å². The zero-order chi connectivity index (χ0) is 22.3. The van der Waals surface area contributed by atoms with Crippen molar-refractivity contribution in [2.45, 2.75) is 116 Å². The maximum absolute atomic E-state index is 10.7. The topological polar surface area (TPSA) is 38.7 Å². The molecular weight excluding hydrogens is 392 g/mol. The first-order valence-corrected chi connectivity index (χ1v) is 17.5. The van der Waals surface area contributed by atoms with E-state index in [1.807, 2.05) is 12.2 Å². The normalized spacial score (nSPS) is 26.3. The average Bonchev–Trinajstić information content (AvgIpc) is 2.55. The molecule has 0 aromatic rings. The molecule has 1 rings (SSSR count). The van der Waals surface area contributed by atoms with Crippen molar-refractivity contribution in [3.8, 4) is 11.5 Å². The van der Waals surface area contributed by atoms with Gasteiger partial charge in [-0.3, -0.25) is 0 Å². The lowest BCUT2D eigenvalue weighted by Gasteiger charge is -2.42. The maximum Gasteiger partial charge on any atom is 0.192 e. The SMILES string of the molecule is CC[C@H]1O[C@@H]([C@@H](O)C/C=C/C#C[Si](C)(C)C)C/C=C\C[C@H]1O[Si](C)(C)C(C)(C)C. The van der Waals surface area contributed by atoms with E-state index in [-0.39, 0.29) is 23.4 Å². The summed E-state index contributed by atoms with van der Waals surface area (Å²) in [6.07, 6.45) is 10.5. The van der Waals surface area contributed by atoms with Crippen molar-refractivity contribution >= 4 is 16.4 Å². The Hall–Kier alpha value is -0.646. The van der Waals surface area contributed by atoms with Crippen molar-refractivity contribution in [1.82, 2.24) is 0 Å². The largest absolute Gasteiger partial charge is 0.411 e. The molecule has 5 heteroatoms. The highest BCUT2D eigenvalue weighted by atomic mass is 28.4. The molecule has 0 aromatic carbocycles. The number of ether oxygens (including phenoxy) is 1. The zero-order valence-electron chi connectivity index (χ0n) is 20.2. The lowest BCUT2D eigenvalue weighted by atomic mass is 10.0. The van der Waals surface area contributed by atoms with Crippen molar-refractivity contribution in [3.05, 3.63) is 24.3 Å². The molecule has 0 saturated heterocycles. The van der Waals surface area contributed by atoms with Crippen molar-refractivity contribution in [2.75, 3.05) is 0 Å². The fourth-order valence-electron chi connectivity index (χ4n) is 2.94. The first-order valence-electron chi connectivity index (χ1n) is 11.1. The predicted molar refractivity (Wildman–Crippen MR) is 130 cm³/mol. The van der Waals surface area contributed by atoms with Crippen LogP contribution < -0.4 is 0 Å². The summed E-state index contributed by atoms with van der Waals surface area (Å²) in [7, 11) is -3.24. The van der Waals surface area contributed by atoms with Crippen LogP contribution in [0.1, 0.15) is 53.4 Å². The van der Waals surface area contributed by atoms with E-state index in [0.29, 0.717) is 6.42 Å². The van der Waals surface area contributed by atoms with Gasteiger partial charge in [-0.1, -0.05) is 71.5 Å². The highest BCUT2D eigenvalue weighted by molar-refractivity contribution is 6.83. The zero-order valence-corrected chi connectivity index (χ0v) is 22.2. The van der Waals surface area contributed by atoms with E-state index < -0.39 is 22.5 Å². The van der Waals surface area contributed by atoms with Gasteiger partial charge < -0.3 is 14.3 Å². The summed E-state index contributed by atoms with van der Waals surface area (Å²) < 4.78 is 13.1. The van der Waals surface area contributed by atoms with E-state index in [1.54, 1.807) is 0 Å². The average molecular weight is 437 g/mol. The van der Waals surface area contributed by atoms with Crippen LogP contribution in [0, 0.1) is 11.5 Å².